The van der Waals surface area contributed by atoms with Crippen molar-refractivity contribution in [2.24, 2.45) is 96.9 Å². The number of aliphatic carboxylic acids is 1. The first kappa shape index (κ1) is 120. The fourth-order valence-electron chi connectivity index (χ4n) is 17.4. The van der Waals surface area contributed by atoms with Gasteiger partial charge in [-0.15, -0.1) is 11.6 Å². The number of esters is 4. The molecule has 35 heteroatoms. The highest BCUT2D eigenvalue weighted by atomic mass is 35.5. The van der Waals surface area contributed by atoms with E-state index >= 15 is 0 Å². The Morgan fingerprint density at radius 3 is 1.02 bits per heavy atom. The molecule has 0 aromatic rings. The number of halogens is 2. The van der Waals surface area contributed by atoms with Gasteiger partial charge in [-0.2, -0.15) is 5.26 Å². The van der Waals surface area contributed by atoms with Crippen LogP contribution in [0.5, 0.6) is 0 Å². The largest absolute Gasteiger partial charge is 1.00 e. The maximum atomic E-state index is 13.4. The first-order chi connectivity index (χ1) is 57.5. The average molecular weight is 1860 g/mol. The molecule has 0 aromatic heterocycles. The summed E-state index contributed by atoms with van der Waals surface area (Å²) in [5.74, 6) is 0.524. The molecule has 2 unspecified atom stereocenters. The summed E-state index contributed by atoms with van der Waals surface area (Å²) in [5.41, 5.74) is 6.43. The Hall–Kier alpha value is -7.67. The van der Waals surface area contributed by atoms with Crippen molar-refractivity contribution in [3.8, 4) is 6.07 Å². The quantitative estimate of drug-likeness (QED) is 0.0463. The Morgan fingerprint density at radius 2 is 0.781 bits per heavy atom. The van der Waals surface area contributed by atoms with E-state index in [-0.39, 0.29) is 118 Å². The molecule has 5 aliphatic carbocycles. The molecule has 4 aliphatic heterocycles. The van der Waals surface area contributed by atoms with E-state index in [2.05, 4.69) is 127 Å². The second-order valence-electron chi connectivity index (χ2n) is 45.6. The number of carbonyl (C=O) groups excluding carboxylic acids is 11. The van der Waals surface area contributed by atoms with Crippen molar-refractivity contribution in [3.05, 3.63) is 12.3 Å². The molecule has 0 bridgehead atoms. The van der Waals surface area contributed by atoms with Gasteiger partial charge in [-0.05, 0) is 157 Å². The number of aliphatic hydroxyl groups is 1. The average Bonchev–Trinajstić information content (AvgIpc) is 1.53. The molecule has 9 fully saturated rings. The molecule has 0 aromatic carbocycles. The van der Waals surface area contributed by atoms with Gasteiger partial charge in [-0.3, -0.25) is 14.4 Å². The number of hydrogen-bond donors (Lipinski definition) is 13. The first-order valence-corrected chi connectivity index (χ1v) is 45.6. The van der Waals surface area contributed by atoms with Gasteiger partial charge < -0.3 is 116 Å². The smallest absolute Gasteiger partial charge is 0.364 e. The Bertz CT molecular complexity index is 3670. The van der Waals surface area contributed by atoms with E-state index in [0.717, 1.165) is 31.2 Å². The molecule has 17 N–H and O–H groups in total. The van der Waals surface area contributed by atoms with Crippen molar-refractivity contribution in [3.63, 3.8) is 0 Å². The molecule has 0 radical (unpaired) electrons. The molecule has 740 valence electrons. The van der Waals surface area contributed by atoms with E-state index in [0.29, 0.717) is 42.6 Å². The van der Waals surface area contributed by atoms with Crippen LogP contribution >= 0.6 is 11.6 Å². The number of alkyl halides is 1. The number of nitrogens with zero attached hydrogens (tertiary/aromatic N) is 4. The van der Waals surface area contributed by atoms with Crippen LogP contribution in [0.4, 0.5) is 19.2 Å². The zero-order valence-electron chi connectivity index (χ0n) is 85.1. The van der Waals surface area contributed by atoms with Gasteiger partial charge in [0.05, 0.1) is 41.1 Å². The number of amides is 11. The van der Waals surface area contributed by atoms with E-state index in [9.17, 15) is 62.6 Å². The van der Waals surface area contributed by atoms with Gasteiger partial charge in [0.25, 0.3) is 0 Å². The number of methoxy groups -OCH3 is 4. The number of carboxylic acids is 1. The summed E-state index contributed by atoms with van der Waals surface area (Å²) in [6.07, 6.45) is 7.95. The second kappa shape index (κ2) is 47.6. The number of nitriles is 1. The molecule has 33 nitrogen and oxygen atoms in total. The molecule has 9 rings (SSSR count). The van der Waals surface area contributed by atoms with Gasteiger partial charge in [0.2, 0.25) is 17.7 Å². The number of carboxylic acid groups (broad SMARTS) is 1. The van der Waals surface area contributed by atoms with Crippen LogP contribution in [0.1, 0.15) is 267 Å². The molecule has 18 atom stereocenters. The molecule has 9 aliphatic rings. The molecule has 11 amide bonds. The lowest BCUT2D eigenvalue weighted by molar-refractivity contribution is -0.670. The summed E-state index contributed by atoms with van der Waals surface area (Å²) in [7, 11) is 5.52. The molecule has 4 heterocycles. The lowest BCUT2D eigenvalue weighted by Gasteiger charge is -2.37. The topological polar surface area (TPSA) is 482 Å². The summed E-state index contributed by atoms with van der Waals surface area (Å²) in [4.78, 5) is 153. The van der Waals surface area contributed by atoms with Crippen molar-refractivity contribution in [2.75, 3.05) is 61.0 Å². The number of nitrogens with two attached hydrogens (primary N) is 2. The highest BCUT2D eigenvalue weighted by Gasteiger charge is 2.72. The van der Waals surface area contributed by atoms with Gasteiger partial charge in [0.1, 0.15) is 54.4 Å². The van der Waals surface area contributed by atoms with E-state index in [1.54, 1.807) is 41.5 Å². The van der Waals surface area contributed by atoms with Gasteiger partial charge in [0, 0.05) is 90.9 Å². The molecule has 5 saturated carbocycles. The second-order valence-corrected chi connectivity index (χ2v) is 45.6. The lowest BCUT2D eigenvalue weighted by Crippen LogP contribution is -3.00. The minimum absolute atomic E-state index is 0. The number of likely N-dealkylation sites (tertiary alicyclic amines) is 3. The number of quaternary nitrogens is 2. The fourth-order valence-corrected chi connectivity index (χ4v) is 17.4. The van der Waals surface area contributed by atoms with Crippen LogP contribution in [-0.4, -0.2) is 240 Å². The number of piperidine rings is 4. The van der Waals surface area contributed by atoms with Crippen molar-refractivity contribution in [1.29, 1.82) is 5.26 Å². The number of nitrogens with one attached hydrogen (secondary N) is 8. The third kappa shape index (κ3) is 35.1. The summed E-state index contributed by atoms with van der Waals surface area (Å²) >= 11 is 4.64. The number of hydrogen-bond acceptors (Lipinski definition) is 19. The zero-order valence-corrected chi connectivity index (χ0v) is 86.6. The van der Waals surface area contributed by atoms with Gasteiger partial charge >= 0.3 is 54.0 Å². The number of aliphatic hydroxyl groups excluding tert-OH is 1. The number of urea groups is 4. The van der Waals surface area contributed by atoms with Gasteiger partial charge in [-0.25, -0.2) is 43.2 Å². The van der Waals surface area contributed by atoms with E-state index in [1.807, 2.05) is 145 Å². The Labute approximate surface area is 777 Å². The standard InChI is InChI=1S/2C20H35N3O4.C18H31N3O4.C11H22N2O3.C9H18N2O.C9H15NO2.C3H8.C2H3N.CH3Cl.ClH/c2*1-18(2,3)14(21-17(26)22-19(4,5)6)15(24)23-10-11-12(20(11,7)8)13(23)16(25)27-9;1-17(2,3)13(19-16(24)20-18(4,5)6)14(22)21-9-10-8-11(10)12(21)15(23)25-7;1-10(2,3)7(8(14)15)12-9(16)13-11(4,5)6;1-6(10)9(12)8(11)5-7-3-2-4-7;1-9(2)5-4-10-7(6(5)9)8(11)12-3;1-3-2;1-2-3;1-2;/h2*11-14H,10H2,1-9H3,(H2,21,22,26);10-13H,8-9H2,1-7H3,(H2,19,20,24);7H,1-6H3,(H,14,15)(H2,12,13,16);7-9,12H,1-5,10-11H2;5-7,10H,4H2,1-3H3;3H2,1-2H3;1H3;1H3;1H/p+1/t2*11-,12-,13-,14+;10-,11-,12-,13+;7-;;5-,6-,7-;;;;/m0001.0..../s1. The maximum Gasteiger partial charge on any atom is 0.364 e. The lowest BCUT2D eigenvalue weighted by atomic mass is 9.80. The predicted octanol–water partition coefficient (Wildman–Crippen LogP) is 6.21. The monoisotopic (exact) mass is 1860 g/mol. The predicted molar refractivity (Wildman–Crippen MR) is 492 cm³/mol. The van der Waals surface area contributed by atoms with E-state index < -0.39 is 111 Å². The Kier molecular flexibility index (Phi) is 44.8. The summed E-state index contributed by atoms with van der Waals surface area (Å²) < 4.78 is 19.6. The maximum absolute atomic E-state index is 13.4. The minimum Gasteiger partial charge on any atom is -1.00 e. The Balaban J connectivity index is 0.00000152. The van der Waals surface area contributed by atoms with Crippen molar-refractivity contribution in [2.45, 2.75) is 350 Å². The summed E-state index contributed by atoms with van der Waals surface area (Å²) in [6.45, 7) is 69.7. The molecule has 128 heavy (non-hydrogen) atoms. The molecular weight excluding hydrogens is 1690 g/mol. The Morgan fingerprint density at radius 1 is 0.508 bits per heavy atom. The van der Waals surface area contributed by atoms with Crippen LogP contribution in [0, 0.1) is 102 Å². The highest BCUT2D eigenvalue weighted by molar-refractivity contribution is 6.15. The minimum atomic E-state index is -1.03. The van der Waals surface area contributed by atoms with Gasteiger partial charge in [0.15, 0.2) is 6.04 Å². The fraction of sp³-hybridized carbons (Fsp3) is 0.839. The van der Waals surface area contributed by atoms with Crippen molar-refractivity contribution < 1.29 is 110 Å². The highest BCUT2D eigenvalue weighted by Crippen LogP contribution is 2.66. The van der Waals surface area contributed by atoms with E-state index in [4.69, 9.17) is 35.0 Å². The van der Waals surface area contributed by atoms with Crippen LogP contribution in [0.25, 0.3) is 0 Å². The third-order valence-corrected chi connectivity index (χ3v) is 24.6. The van der Waals surface area contributed by atoms with E-state index in [1.165, 1.54) is 67.4 Å². The molecule has 4 saturated heterocycles. The van der Waals surface area contributed by atoms with Crippen molar-refractivity contribution >= 4 is 83.3 Å². The number of rotatable bonds is 16. The van der Waals surface area contributed by atoms with Crippen LogP contribution in [0.2, 0.25) is 0 Å². The SMILES string of the molecule is C=C(N)C(O)C([NH3+])CC1CCC1.CC#N.CC(C)(C)NC(=O)N[C@H](C(=O)O)C(C)(C)C.CCC.CCl.COC(=O)[C@@H]1[C@@H]2[C@H](CN1C(=O)[C@@H](NC(=O)NC(C)(C)C)C(C)(C)C)C2(C)C.COC(=O)[C@@H]1[C@@H]2[C@H](CN1C(=O)[C@@H](NC(=O)NC(C)(C)C)C(C)(C)C)C2(C)C.COC(=O)[C@@H]1[C@H]2C[C@H]2CN1C(=O)[C@@H](NC(=O)NC(C)(C)C)C(C)(C)C.COC(=O)[C@H]1[NH2+]C[C@H]2[C@@H]1C2(C)C.[Cl-]. The first-order valence-electron chi connectivity index (χ1n) is 44.8. The zero-order chi connectivity index (χ0) is 99.7. The third-order valence-electron chi connectivity index (χ3n) is 24.6. The van der Waals surface area contributed by atoms with Crippen LogP contribution < -0.4 is 71.7 Å². The molecule has 0 spiro atoms. The number of ether oxygens (including phenoxy) is 4. The normalized spacial score (nSPS) is 24.9. The van der Waals surface area contributed by atoms with Crippen LogP contribution in [0.3, 0.4) is 0 Å². The van der Waals surface area contributed by atoms with Crippen LogP contribution in [-0.2, 0) is 57.3 Å². The number of carbonyl (C=O) groups is 12. The van der Waals surface area contributed by atoms with Crippen LogP contribution in [0.15, 0.2) is 12.3 Å². The summed E-state index contributed by atoms with van der Waals surface area (Å²) in [6, 6.07) is -4.60. The van der Waals surface area contributed by atoms with Crippen molar-refractivity contribution in [1.82, 2.24) is 57.2 Å². The molecular formula is C93H172Cl2N15O18+. The summed E-state index contributed by atoms with van der Waals surface area (Å²) in [5, 5.41) is 50.0. The van der Waals surface area contributed by atoms with Gasteiger partial charge in [-0.1, -0.05) is 171 Å². The number of fused-ring (bicyclic) bond motifs is 4.